The average molecular weight is 222 g/mol. The summed E-state index contributed by atoms with van der Waals surface area (Å²) >= 11 is 0. The first-order valence-corrected chi connectivity index (χ1v) is 5.83. The van der Waals surface area contributed by atoms with Crippen molar-refractivity contribution in [2.45, 2.75) is 26.2 Å². The third-order valence-electron chi connectivity index (χ3n) is 2.31. The van der Waals surface area contributed by atoms with Crippen molar-refractivity contribution < 1.29 is 9.13 Å². The topological polar surface area (TPSA) is 9.23 Å². The van der Waals surface area contributed by atoms with E-state index >= 15 is 0 Å². The molecule has 0 saturated heterocycles. The van der Waals surface area contributed by atoms with Crippen LogP contribution in [0.5, 0.6) is 0 Å². The maximum absolute atomic E-state index is 13.2. The molecule has 1 aromatic carbocycles. The molecule has 1 rings (SSSR count). The Morgan fingerprint density at radius 2 is 2.06 bits per heavy atom. The van der Waals surface area contributed by atoms with Crippen molar-refractivity contribution in [3.8, 4) is 0 Å². The number of hydrogen-bond acceptors (Lipinski definition) is 1. The van der Waals surface area contributed by atoms with E-state index in [1.165, 1.54) is 18.9 Å². The number of benzene rings is 1. The predicted octanol–water partition coefficient (Wildman–Crippen LogP) is 4.05. The number of ether oxygens (including phenoxy) is 1. The molecule has 1 aromatic rings. The first-order chi connectivity index (χ1) is 7.84. The zero-order chi connectivity index (χ0) is 11.6. The van der Waals surface area contributed by atoms with E-state index in [9.17, 15) is 4.39 Å². The fourth-order valence-corrected chi connectivity index (χ4v) is 1.39. The molecule has 0 radical (unpaired) electrons. The molecule has 0 amide bonds. The van der Waals surface area contributed by atoms with E-state index in [-0.39, 0.29) is 5.82 Å². The quantitative estimate of drug-likeness (QED) is 0.632. The molecular formula is C14H19FO. The molecule has 16 heavy (non-hydrogen) atoms. The van der Waals surface area contributed by atoms with E-state index < -0.39 is 0 Å². The van der Waals surface area contributed by atoms with Gasteiger partial charge in [0.25, 0.3) is 0 Å². The first kappa shape index (κ1) is 12.9. The van der Waals surface area contributed by atoms with Crippen molar-refractivity contribution in [1.29, 1.82) is 0 Å². The Bertz CT molecular complexity index is 320. The summed E-state index contributed by atoms with van der Waals surface area (Å²) in [6.07, 6.45) is 7.12. The molecule has 0 aliphatic carbocycles. The molecule has 0 unspecified atom stereocenters. The zero-order valence-corrected chi connectivity index (χ0v) is 9.79. The monoisotopic (exact) mass is 222 g/mol. The number of hydrogen-bond donors (Lipinski definition) is 0. The Labute approximate surface area is 96.9 Å². The van der Waals surface area contributed by atoms with Crippen LogP contribution >= 0.6 is 0 Å². The Kier molecular flexibility index (Phi) is 6.50. The summed E-state index contributed by atoms with van der Waals surface area (Å²) in [5, 5.41) is 0. The van der Waals surface area contributed by atoms with Gasteiger partial charge < -0.3 is 4.74 Å². The van der Waals surface area contributed by atoms with Crippen LogP contribution in [0, 0.1) is 5.82 Å². The molecule has 0 heterocycles. The summed E-state index contributed by atoms with van der Waals surface area (Å²) in [5.74, 6) is -0.190. The van der Waals surface area contributed by atoms with E-state index in [0.717, 1.165) is 13.0 Å². The van der Waals surface area contributed by atoms with Gasteiger partial charge in [-0.05, 0) is 12.5 Å². The second-order valence-electron chi connectivity index (χ2n) is 3.71. The van der Waals surface area contributed by atoms with Gasteiger partial charge in [0.2, 0.25) is 0 Å². The van der Waals surface area contributed by atoms with Gasteiger partial charge in [0.1, 0.15) is 5.82 Å². The smallest absolute Gasteiger partial charge is 0.130 e. The van der Waals surface area contributed by atoms with Gasteiger partial charge in [-0.15, -0.1) is 0 Å². The Morgan fingerprint density at radius 3 is 2.81 bits per heavy atom. The average Bonchev–Trinajstić information content (AvgIpc) is 2.30. The van der Waals surface area contributed by atoms with Crippen molar-refractivity contribution in [2.24, 2.45) is 0 Å². The van der Waals surface area contributed by atoms with Gasteiger partial charge in [-0.25, -0.2) is 4.39 Å². The van der Waals surface area contributed by atoms with Crippen molar-refractivity contribution in [2.75, 3.05) is 13.2 Å². The van der Waals surface area contributed by atoms with Gasteiger partial charge in [-0.3, -0.25) is 0 Å². The second kappa shape index (κ2) is 8.05. The maximum atomic E-state index is 13.2. The van der Waals surface area contributed by atoms with Crippen molar-refractivity contribution in [1.82, 2.24) is 0 Å². The normalized spacial score (nSPS) is 11.1. The van der Waals surface area contributed by atoms with Crippen molar-refractivity contribution in [3.05, 3.63) is 41.7 Å². The molecule has 0 saturated carbocycles. The standard InChI is InChI=1S/C14H19FO/c1-2-3-6-11-16-12-7-9-13-8-4-5-10-14(13)15/h4-5,7-10H,2-3,6,11-12H2,1H3. The largest absolute Gasteiger partial charge is 0.377 e. The van der Waals surface area contributed by atoms with E-state index in [1.54, 1.807) is 18.2 Å². The molecule has 2 heteroatoms. The van der Waals surface area contributed by atoms with Crippen molar-refractivity contribution >= 4 is 6.08 Å². The Morgan fingerprint density at radius 1 is 1.25 bits per heavy atom. The highest BCUT2D eigenvalue weighted by Gasteiger charge is 1.94. The van der Waals surface area contributed by atoms with Gasteiger partial charge >= 0.3 is 0 Å². The summed E-state index contributed by atoms with van der Waals surface area (Å²) in [5.41, 5.74) is 0.611. The summed E-state index contributed by atoms with van der Waals surface area (Å²) in [4.78, 5) is 0. The van der Waals surface area contributed by atoms with Crippen molar-refractivity contribution in [3.63, 3.8) is 0 Å². The molecule has 88 valence electrons. The molecule has 0 atom stereocenters. The third kappa shape index (κ3) is 5.08. The number of halogens is 1. The summed E-state index contributed by atoms with van der Waals surface area (Å²) in [6, 6.07) is 6.73. The predicted molar refractivity (Wildman–Crippen MR) is 65.8 cm³/mol. The van der Waals surface area contributed by atoms with Crippen LogP contribution in [0.3, 0.4) is 0 Å². The molecule has 0 aliphatic heterocycles. The van der Waals surface area contributed by atoms with E-state index in [2.05, 4.69) is 6.92 Å². The number of unbranched alkanes of at least 4 members (excludes halogenated alkanes) is 2. The van der Waals surface area contributed by atoms with Gasteiger partial charge in [0.15, 0.2) is 0 Å². The SMILES string of the molecule is CCCCCOCC=Cc1ccccc1F. The molecule has 0 aromatic heterocycles. The lowest BCUT2D eigenvalue weighted by atomic mass is 10.2. The molecule has 1 nitrogen and oxygen atoms in total. The van der Waals surface area contributed by atoms with Crippen LogP contribution in [0.25, 0.3) is 6.08 Å². The van der Waals surface area contributed by atoms with Crippen LogP contribution < -0.4 is 0 Å². The summed E-state index contributed by atoms with van der Waals surface area (Å²) < 4.78 is 18.6. The first-order valence-electron chi connectivity index (χ1n) is 5.83. The molecule has 0 aliphatic rings. The van der Waals surface area contributed by atoms with E-state index in [4.69, 9.17) is 4.74 Å². The zero-order valence-electron chi connectivity index (χ0n) is 9.79. The van der Waals surface area contributed by atoms with Gasteiger partial charge in [0, 0.05) is 12.2 Å². The minimum atomic E-state index is -0.190. The highest BCUT2D eigenvalue weighted by Crippen LogP contribution is 2.07. The molecule has 0 N–H and O–H groups in total. The lowest BCUT2D eigenvalue weighted by Crippen LogP contribution is -1.93. The third-order valence-corrected chi connectivity index (χ3v) is 2.31. The molecule has 0 fully saturated rings. The van der Waals surface area contributed by atoms with Crippen LogP contribution in [-0.4, -0.2) is 13.2 Å². The van der Waals surface area contributed by atoms with Gasteiger partial charge in [0.05, 0.1) is 6.61 Å². The van der Waals surface area contributed by atoms with Crippen LogP contribution in [-0.2, 0) is 4.74 Å². The van der Waals surface area contributed by atoms with E-state index in [1.807, 2.05) is 12.1 Å². The fraction of sp³-hybridized carbons (Fsp3) is 0.429. The minimum Gasteiger partial charge on any atom is -0.377 e. The molecule has 0 spiro atoms. The lowest BCUT2D eigenvalue weighted by Gasteiger charge is -1.99. The number of rotatable bonds is 7. The Balaban J connectivity index is 2.20. The van der Waals surface area contributed by atoms with Crippen LogP contribution in [0.1, 0.15) is 31.7 Å². The summed E-state index contributed by atoms with van der Waals surface area (Å²) in [7, 11) is 0. The summed E-state index contributed by atoms with van der Waals surface area (Å²) in [6.45, 7) is 3.51. The Hall–Kier alpha value is -1.15. The maximum Gasteiger partial charge on any atom is 0.130 e. The van der Waals surface area contributed by atoms with Gasteiger partial charge in [-0.2, -0.15) is 0 Å². The van der Waals surface area contributed by atoms with Gasteiger partial charge in [-0.1, -0.05) is 50.1 Å². The molecular weight excluding hydrogens is 203 g/mol. The second-order valence-corrected chi connectivity index (χ2v) is 3.71. The van der Waals surface area contributed by atoms with Crippen LogP contribution in [0.15, 0.2) is 30.3 Å². The van der Waals surface area contributed by atoms with Crippen LogP contribution in [0.4, 0.5) is 4.39 Å². The lowest BCUT2D eigenvalue weighted by molar-refractivity contribution is 0.158. The molecule has 0 bridgehead atoms. The highest BCUT2D eigenvalue weighted by molar-refractivity contribution is 5.49. The van der Waals surface area contributed by atoms with Crippen LogP contribution in [0.2, 0.25) is 0 Å². The highest BCUT2D eigenvalue weighted by atomic mass is 19.1. The minimum absolute atomic E-state index is 0.190. The fourth-order valence-electron chi connectivity index (χ4n) is 1.39. The van der Waals surface area contributed by atoms with E-state index in [0.29, 0.717) is 12.2 Å².